The number of carbonyl (C=O) groups excluding carboxylic acids is 1. The minimum atomic E-state index is 0.249. The Balaban J connectivity index is 1.51. The molecule has 0 bridgehead atoms. The van der Waals surface area contributed by atoms with Gasteiger partial charge in [-0.1, -0.05) is 6.07 Å². The van der Waals surface area contributed by atoms with Crippen LogP contribution < -0.4 is 9.47 Å². The summed E-state index contributed by atoms with van der Waals surface area (Å²) in [7, 11) is 9.64. The number of hydrogen-bond acceptors (Lipinski definition) is 4. The normalized spacial score (nSPS) is 26.9. The average molecular weight is 375 g/mol. The summed E-state index contributed by atoms with van der Waals surface area (Å²) in [6.45, 7) is 0. The van der Waals surface area contributed by atoms with E-state index in [4.69, 9.17) is 9.47 Å². The molecule has 1 aromatic carbocycles. The first-order chi connectivity index (χ1) is 12.9. The molecule has 0 aromatic heterocycles. The van der Waals surface area contributed by atoms with Gasteiger partial charge in [0.15, 0.2) is 11.5 Å². The number of rotatable bonds is 7. The molecule has 1 amide bonds. The minimum Gasteiger partial charge on any atom is -0.493 e. The lowest BCUT2D eigenvalue weighted by Crippen LogP contribution is -2.36. The maximum Gasteiger partial charge on any atom is 0.222 e. The Hall–Kier alpha value is -1.75. The summed E-state index contributed by atoms with van der Waals surface area (Å²) in [6, 6.07) is 7.03. The Kier molecular flexibility index (Phi) is 6.30. The van der Waals surface area contributed by atoms with Crippen LogP contribution in [0, 0.1) is 11.8 Å². The standard InChI is InChI=1S/C22H34N2O3/c1-23(2)18-11-16-13-19(14-17(16)12-18)24(3)22(25)9-7-15-6-8-20(26-4)21(10-15)27-5/h6,8,10,16-19H,7,9,11-14H2,1-5H3/t16-,17+,18?,19?. The van der Waals surface area contributed by atoms with Crippen LogP contribution in [-0.2, 0) is 11.2 Å². The highest BCUT2D eigenvalue weighted by Gasteiger charge is 2.43. The highest BCUT2D eigenvalue weighted by molar-refractivity contribution is 5.76. The monoisotopic (exact) mass is 374 g/mol. The molecule has 5 heteroatoms. The number of hydrogen-bond donors (Lipinski definition) is 0. The second kappa shape index (κ2) is 8.51. The van der Waals surface area contributed by atoms with Crippen molar-refractivity contribution in [2.24, 2.45) is 11.8 Å². The van der Waals surface area contributed by atoms with Gasteiger partial charge in [-0.15, -0.1) is 0 Å². The lowest BCUT2D eigenvalue weighted by molar-refractivity contribution is -0.131. The third kappa shape index (κ3) is 4.40. The Morgan fingerprint density at radius 2 is 1.56 bits per heavy atom. The van der Waals surface area contributed by atoms with E-state index in [2.05, 4.69) is 19.0 Å². The molecule has 2 aliphatic carbocycles. The summed E-state index contributed by atoms with van der Waals surface area (Å²) < 4.78 is 10.6. The van der Waals surface area contributed by atoms with E-state index in [1.54, 1.807) is 14.2 Å². The molecule has 150 valence electrons. The highest BCUT2D eigenvalue weighted by atomic mass is 16.5. The second-order valence-corrected chi connectivity index (χ2v) is 8.43. The summed E-state index contributed by atoms with van der Waals surface area (Å²) in [5.74, 6) is 3.28. The average Bonchev–Trinajstić information content (AvgIpc) is 3.24. The molecule has 3 rings (SSSR count). The van der Waals surface area contributed by atoms with E-state index in [9.17, 15) is 4.79 Å². The first-order valence-corrected chi connectivity index (χ1v) is 10.1. The van der Waals surface area contributed by atoms with Gasteiger partial charge in [-0.05, 0) is 75.7 Å². The Bertz CT molecular complexity index is 647. The SMILES string of the molecule is COc1ccc(CCC(=O)N(C)C2C[C@H]3CC(N(C)C)C[C@H]3C2)cc1OC. The number of nitrogens with zero attached hydrogens (tertiary/aromatic N) is 2. The van der Waals surface area contributed by atoms with Gasteiger partial charge in [-0.25, -0.2) is 0 Å². The van der Waals surface area contributed by atoms with Crippen molar-refractivity contribution in [1.82, 2.24) is 9.80 Å². The third-order valence-corrected chi connectivity index (χ3v) is 6.71. The molecule has 4 atom stereocenters. The van der Waals surface area contributed by atoms with E-state index in [1.165, 1.54) is 25.7 Å². The van der Waals surface area contributed by atoms with Crippen molar-refractivity contribution in [2.45, 2.75) is 50.6 Å². The molecular weight excluding hydrogens is 340 g/mol. The van der Waals surface area contributed by atoms with Crippen LogP contribution >= 0.6 is 0 Å². The van der Waals surface area contributed by atoms with Gasteiger partial charge in [-0.2, -0.15) is 0 Å². The summed E-state index contributed by atoms with van der Waals surface area (Å²) in [5, 5.41) is 0. The van der Waals surface area contributed by atoms with E-state index in [1.807, 2.05) is 30.1 Å². The Morgan fingerprint density at radius 3 is 2.11 bits per heavy atom. The van der Waals surface area contributed by atoms with Crippen LogP contribution in [0.1, 0.15) is 37.7 Å². The van der Waals surface area contributed by atoms with E-state index in [-0.39, 0.29) is 5.91 Å². The summed E-state index contributed by atoms with van der Waals surface area (Å²) in [6.07, 6.45) is 6.20. The molecule has 0 heterocycles. The second-order valence-electron chi connectivity index (χ2n) is 8.43. The topological polar surface area (TPSA) is 42.0 Å². The van der Waals surface area contributed by atoms with Crippen molar-refractivity contribution >= 4 is 5.91 Å². The van der Waals surface area contributed by atoms with Gasteiger partial charge < -0.3 is 19.3 Å². The first kappa shape index (κ1) is 20.0. The van der Waals surface area contributed by atoms with Crippen LogP contribution in [0.2, 0.25) is 0 Å². The maximum absolute atomic E-state index is 12.7. The van der Waals surface area contributed by atoms with Crippen molar-refractivity contribution in [3.63, 3.8) is 0 Å². The fourth-order valence-corrected chi connectivity index (χ4v) is 4.96. The van der Waals surface area contributed by atoms with Crippen molar-refractivity contribution < 1.29 is 14.3 Å². The molecular formula is C22H34N2O3. The molecule has 0 aliphatic heterocycles. The molecule has 27 heavy (non-hydrogen) atoms. The van der Waals surface area contributed by atoms with Gasteiger partial charge in [-0.3, -0.25) is 4.79 Å². The van der Waals surface area contributed by atoms with Gasteiger partial charge in [0.05, 0.1) is 14.2 Å². The van der Waals surface area contributed by atoms with E-state index < -0.39 is 0 Å². The minimum absolute atomic E-state index is 0.249. The molecule has 2 unspecified atom stereocenters. The predicted octanol–water partition coefficient (Wildman–Crippen LogP) is 3.21. The third-order valence-electron chi connectivity index (χ3n) is 6.71. The molecule has 5 nitrogen and oxygen atoms in total. The molecule has 0 saturated heterocycles. The van der Waals surface area contributed by atoms with Gasteiger partial charge in [0.25, 0.3) is 0 Å². The molecule has 2 fully saturated rings. The number of benzene rings is 1. The molecule has 0 spiro atoms. The van der Waals surface area contributed by atoms with Crippen LogP contribution in [0.3, 0.4) is 0 Å². The summed E-state index contributed by atoms with van der Waals surface area (Å²) in [5.41, 5.74) is 1.10. The summed E-state index contributed by atoms with van der Waals surface area (Å²) in [4.78, 5) is 17.1. The fourth-order valence-electron chi connectivity index (χ4n) is 4.96. The number of aryl methyl sites for hydroxylation is 1. The van der Waals surface area contributed by atoms with Crippen LogP contribution in [0.25, 0.3) is 0 Å². The fraction of sp³-hybridized carbons (Fsp3) is 0.682. The van der Waals surface area contributed by atoms with E-state index in [0.717, 1.165) is 41.4 Å². The number of ether oxygens (including phenoxy) is 2. The predicted molar refractivity (Wildman–Crippen MR) is 107 cm³/mol. The van der Waals surface area contributed by atoms with Crippen LogP contribution in [0.15, 0.2) is 18.2 Å². The van der Waals surface area contributed by atoms with Gasteiger partial charge in [0.2, 0.25) is 5.91 Å². The van der Waals surface area contributed by atoms with Crippen molar-refractivity contribution in [3.8, 4) is 11.5 Å². The number of methoxy groups -OCH3 is 2. The zero-order valence-electron chi connectivity index (χ0n) is 17.4. The lowest BCUT2D eigenvalue weighted by Gasteiger charge is -2.27. The van der Waals surface area contributed by atoms with Gasteiger partial charge >= 0.3 is 0 Å². The van der Waals surface area contributed by atoms with E-state index in [0.29, 0.717) is 12.5 Å². The Labute approximate surface area is 163 Å². The zero-order chi connectivity index (χ0) is 19.6. The lowest BCUT2D eigenvalue weighted by atomic mass is 10.0. The maximum atomic E-state index is 12.7. The van der Waals surface area contributed by atoms with Crippen LogP contribution in [-0.4, -0.2) is 63.2 Å². The molecule has 2 aliphatic rings. The molecule has 2 saturated carbocycles. The summed E-state index contributed by atoms with van der Waals surface area (Å²) >= 11 is 0. The molecule has 0 radical (unpaired) electrons. The van der Waals surface area contributed by atoms with Crippen molar-refractivity contribution in [1.29, 1.82) is 0 Å². The van der Waals surface area contributed by atoms with Crippen molar-refractivity contribution in [2.75, 3.05) is 35.4 Å². The van der Waals surface area contributed by atoms with Crippen LogP contribution in [0.4, 0.5) is 0 Å². The van der Waals surface area contributed by atoms with Crippen molar-refractivity contribution in [3.05, 3.63) is 23.8 Å². The quantitative estimate of drug-likeness (QED) is 0.735. The highest BCUT2D eigenvalue weighted by Crippen LogP contribution is 2.46. The first-order valence-electron chi connectivity index (χ1n) is 10.1. The van der Waals surface area contributed by atoms with Gasteiger partial charge in [0, 0.05) is 25.6 Å². The molecule has 0 N–H and O–H groups in total. The van der Waals surface area contributed by atoms with E-state index >= 15 is 0 Å². The number of fused-ring (bicyclic) bond motifs is 1. The number of amides is 1. The smallest absolute Gasteiger partial charge is 0.222 e. The van der Waals surface area contributed by atoms with Gasteiger partial charge in [0.1, 0.15) is 0 Å². The largest absolute Gasteiger partial charge is 0.493 e. The van der Waals surface area contributed by atoms with Crippen LogP contribution in [0.5, 0.6) is 11.5 Å². The zero-order valence-corrected chi connectivity index (χ0v) is 17.4. The number of carbonyl (C=O) groups is 1. The molecule has 1 aromatic rings. The Morgan fingerprint density at radius 1 is 0.963 bits per heavy atom.